The number of allylic oxidation sites excluding steroid dienone is 2. The van der Waals surface area contributed by atoms with Gasteiger partial charge in [-0.3, -0.25) is 0 Å². The summed E-state index contributed by atoms with van der Waals surface area (Å²) in [5, 5.41) is 19.2. The number of aliphatic hydroxyl groups is 2. The van der Waals surface area contributed by atoms with Gasteiger partial charge in [0.1, 0.15) is 11.9 Å². The summed E-state index contributed by atoms with van der Waals surface area (Å²) in [6.45, 7) is 2.04. The van der Waals surface area contributed by atoms with Gasteiger partial charge in [-0.2, -0.15) is 0 Å². The Morgan fingerprint density at radius 2 is 2.25 bits per heavy atom. The van der Waals surface area contributed by atoms with Crippen LogP contribution < -0.4 is 0 Å². The van der Waals surface area contributed by atoms with Crippen LogP contribution in [0, 0.1) is 0 Å². The van der Waals surface area contributed by atoms with E-state index in [-0.39, 0.29) is 5.57 Å². The monoisotopic (exact) mass is 224 g/mol. The summed E-state index contributed by atoms with van der Waals surface area (Å²) in [6.07, 6.45) is 2.83. The predicted molar refractivity (Wildman–Crippen MR) is 57.4 cm³/mol. The van der Waals surface area contributed by atoms with Crippen molar-refractivity contribution in [3.63, 3.8) is 0 Å². The molecule has 2 rings (SSSR count). The van der Waals surface area contributed by atoms with Crippen LogP contribution in [0.1, 0.15) is 32.6 Å². The summed E-state index contributed by atoms with van der Waals surface area (Å²) in [5.41, 5.74) is 1.03. The fraction of sp³-hybridized carbons (Fsp3) is 0.583. The molecule has 1 aliphatic heterocycles. The van der Waals surface area contributed by atoms with Gasteiger partial charge in [-0.15, -0.1) is 0 Å². The van der Waals surface area contributed by atoms with Crippen LogP contribution >= 0.6 is 0 Å². The molecule has 4 heteroatoms. The molecule has 1 aliphatic carbocycles. The molecule has 2 aliphatic rings. The molecule has 0 spiro atoms. The van der Waals surface area contributed by atoms with Gasteiger partial charge in [0.05, 0.1) is 11.7 Å². The van der Waals surface area contributed by atoms with Crippen molar-refractivity contribution in [2.24, 2.45) is 0 Å². The van der Waals surface area contributed by atoms with Gasteiger partial charge in [0.15, 0.2) is 0 Å². The topological polar surface area (TPSA) is 66.8 Å². The summed E-state index contributed by atoms with van der Waals surface area (Å²) in [5.74, 6) is 0.0661. The maximum absolute atomic E-state index is 11.5. The maximum atomic E-state index is 11.5. The summed E-state index contributed by atoms with van der Waals surface area (Å²) < 4.78 is 5.11. The van der Waals surface area contributed by atoms with Crippen molar-refractivity contribution in [3.05, 3.63) is 23.0 Å². The number of carbonyl (C=O) groups excluding carboxylic acids is 1. The molecule has 0 aromatic heterocycles. The van der Waals surface area contributed by atoms with Gasteiger partial charge < -0.3 is 14.9 Å². The minimum Gasteiger partial charge on any atom is -0.423 e. The third kappa shape index (κ3) is 1.79. The summed E-state index contributed by atoms with van der Waals surface area (Å²) in [6, 6.07) is 0. The van der Waals surface area contributed by atoms with Crippen LogP contribution in [-0.4, -0.2) is 28.4 Å². The molecule has 0 amide bonds. The van der Waals surface area contributed by atoms with Gasteiger partial charge in [0.2, 0.25) is 0 Å². The Hall–Kier alpha value is -1.13. The van der Waals surface area contributed by atoms with E-state index < -0.39 is 18.2 Å². The zero-order chi connectivity index (χ0) is 11.7. The van der Waals surface area contributed by atoms with Gasteiger partial charge in [-0.1, -0.05) is 13.3 Å². The lowest BCUT2D eigenvalue weighted by atomic mass is 9.87. The van der Waals surface area contributed by atoms with Crippen LogP contribution in [0.4, 0.5) is 0 Å². The minimum atomic E-state index is -1.09. The van der Waals surface area contributed by atoms with Crippen molar-refractivity contribution in [3.8, 4) is 0 Å². The summed E-state index contributed by atoms with van der Waals surface area (Å²) in [4.78, 5) is 11.5. The molecule has 0 saturated heterocycles. The van der Waals surface area contributed by atoms with Crippen LogP contribution in [0.15, 0.2) is 23.0 Å². The molecular formula is C12H16O4. The molecule has 0 saturated carbocycles. The molecule has 0 unspecified atom stereocenters. The lowest BCUT2D eigenvalue weighted by Gasteiger charge is -2.22. The third-order valence-corrected chi connectivity index (χ3v) is 3.01. The van der Waals surface area contributed by atoms with Gasteiger partial charge in [0, 0.05) is 5.57 Å². The Kier molecular flexibility index (Phi) is 3.12. The first-order chi connectivity index (χ1) is 7.65. The molecule has 0 aromatic rings. The van der Waals surface area contributed by atoms with E-state index >= 15 is 0 Å². The number of hydrogen-bond donors (Lipinski definition) is 2. The van der Waals surface area contributed by atoms with E-state index in [2.05, 4.69) is 0 Å². The highest BCUT2D eigenvalue weighted by Crippen LogP contribution is 2.37. The molecule has 1 heterocycles. The van der Waals surface area contributed by atoms with Gasteiger partial charge in [-0.25, -0.2) is 4.79 Å². The number of cyclic esters (lactones) is 1. The van der Waals surface area contributed by atoms with Gasteiger partial charge in [-0.05, 0) is 25.3 Å². The molecule has 0 radical (unpaired) electrons. The first-order valence-electron chi connectivity index (χ1n) is 5.67. The highest BCUT2D eigenvalue weighted by molar-refractivity contribution is 5.96. The lowest BCUT2D eigenvalue weighted by molar-refractivity contribution is -0.135. The highest BCUT2D eigenvalue weighted by Gasteiger charge is 2.40. The Labute approximate surface area is 94.2 Å². The van der Waals surface area contributed by atoms with E-state index in [1.54, 1.807) is 0 Å². The largest absolute Gasteiger partial charge is 0.423 e. The van der Waals surface area contributed by atoms with Crippen molar-refractivity contribution >= 4 is 5.97 Å². The number of esters is 1. The summed E-state index contributed by atoms with van der Waals surface area (Å²) in [7, 11) is 0. The van der Waals surface area contributed by atoms with E-state index in [1.807, 2.05) is 13.0 Å². The Balaban J connectivity index is 2.31. The molecule has 0 fully saturated rings. The molecule has 0 aromatic carbocycles. The first kappa shape index (κ1) is 11.4. The average molecular weight is 224 g/mol. The van der Waals surface area contributed by atoms with Crippen LogP contribution in [-0.2, 0) is 9.53 Å². The minimum absolute atomic E-state index is 0.251. The lowest BCUT2D eigenvalue weighted by Crippen LogP contribution is -2.33. The number of unbranched alkanes of at least 4 members (excludes halogenated alkanes) is 1. The van der Waals surface area contributed by atoms with Crippen molar-refractivity contribution in [1.82, 2.24) is 0 Å². The summed E-state index contributed by atoms with van der Waals surface area (Å²) >= 11 is 0. The van der Waals surface area contributed by atoms with E-state index in [1.165, 1.54) is 0 Å². The Morgan fingerprint density at radius 3 is 2.94 bits per heavy atom. The average Bonchev–Trinajstić information content (AvgIpc) is 2.58. The second-order valence-electron chi connectivity index (χ2n) is 4.19. The quantitative estimate of drug-likeness (QED) is 0.688. The standard InChI is InChI=1S/C12H16O4/c1-2-3-4-9-7-5-6-8(13)11(14)10(7)12(15)16-9/h4,8,11,13-14H,2-3,5-6H2,1H3/t8-,11+/m1/s1. The van der Waals surface area contributed by atoms with Crippen molar-refractivity contribution < 1.29 is 19.7 Å². The van der Waals surface area contributed by atoms with E-state index in [9.17, 15) is 15.0 Å². The molecule has 2 N–H and O–H groups in total. The SMILES string of the molecule is CCCC=C1OC(=O)C2=C1CC[C@@H](O)[C@@H]2O. The molecular weight excluding hydrogens is 208 g/mol. The Bertz CT molecular complexity index is 367. The highest BCUT2D eigenvalue weighted by atomic mass is 16.5. The van der Waals surface area contributed by atoms with Gasteiger partial charge >= 0.3 is 5.97 Å². The number of rotatable bonds is 2. The number of hydrogen-bond acceptors (Lipinski definition) is 4. The van der Waals surface area contributed by atoms with Crippen LogP contribution in [0.25, 0.3) is 0 Å². The van der Waals surface area contributed by atoms with E-state index in [0.29, 0.717) is 18.6 Å². The molecule has 88 valence electrons. The maximum Gasteiger partial charge on any atom is 0.342 e. The molecule has 0 bridgehead atoms. The van der Waals surface area contributed by atoms with E-state index in [4.69, 9.17) is 4.74 Å². The fourth-order valence-electron chi connectivity index (χ4n) is 2.11. The third-order valence-electron chi connectivity index (χ3n) is 3.01. The molecule has 2 atom stereocenters. The van der Waals surface area contributed by atoms with Crippen LogP contribution in [0.3, 0.4) is 0 Å². The zero-order valence-electron chi connectivity index (χ0n) is 9.27. The number of aliphatic hydroxyl groups excluding tert-OH is 2. The van der Waals surface area contributed by atoms with Crippen molar-refractivity contribution in [2.75, 3.05) is 0 Å². The van der Waals surface area contributed by atoms with Crippen molar-refractivity contribution in [1.29, 1.82) is 0 Å². The number of ether oxygens (including phenoxy) is 1. The first-order valence-corrected chi connectivity index (χ1v) is 5.67. The Morgan fingerprint density at radius 1 is 1.50 bits per heavy atom. The number of carbonyl (C=O) groups is 1. The predicted octanol–water partition coefficient (Wildman–Crippen LogP) is 1.04. The van der Waals surface area contributed by atoms with Crippen LogP contribution in [0.2, 0.25) is 0 Å². The normalized spacial score (nSPS) is 31.9. The smallest absolute Gasteiger partial charge is 0.342 e. The van der Waals surface area contributed by atoms with E-state index in [0.717, 1.165) is 18.4 Å². The van der Waals surface area contributed by atoms with Crippen LogP contribution in [0.5, 0.6) is 0 Å². The second kappa shape index (κ2) is 4.39. The van der Waals surface area contributed by atoms with Gasteiger partial charge in [0.25, 0.3) is 0 Å². The fourth-order valence-corrected chi connectivity index (χ4v) is 2.11. The molecule has 16 heavy (non-hydrogen) atoms. The van der Waals surface area contributed by atoms with Crippen molar-refractivity contribution in [2.45, 2.75) is 44.8 Å². The molecule has 4 nitrogen and oxygen atoms in total. The second-order valence-corrected chi connectivity index (χ2v) is 4.19. The zero-order valence-corrected chi connectivity index (χ0v) is 9.27.